The molecule has 0 aliphatic carbocycles. The summed E-state index contributed by atoms with van der Waals surface area (Å²) < 4.78 is 0. The van der Waals surface area contributed by atoms with E-state index in [0.717, 1.165) is 18.4 Å². The maximum absolute atomic E-state index is 12.6. The molecule has 3 nitrogen and oxygen atoms in total. The van der Waals surface area contributed by atoms with Crippen LogP contribution in [0, 0.1) is 12.8 Å². The average molecular weight is 273 g/mol. The molecule has 2 rings (SSSR count). The van der Waals surface area contributed by atoms with Gasteiger partial charge < -0.3 is 4.90 Å². The Kier molecular flexibility index (Phi) is 4.58. The van der Waals surface area contributed by atoms with E-state index < -0.39 is 0 Å². The van der Waals surface area contributed by atoms with Gasteiger partial charge in [-0.1, -0.05) is 43.7 Å². The molecular weight excluding hydrogens is 250 g/mol. The second-order valence-electron chi connectivity index (χ2n) is 6.07. The Bertz CT molecular complexity index is 490. The van der Waals surface area contributed by atoms with Crippen LogP contribution in [-0.4, -0.2) is 29.2 Å². The summed E-state index contributed by atoms with van der Waals surface area (Å²) in [5.41, 5.74) is 1.85. The largest absolute Gasteiger partial charge is 0.332 e. The average Bonchev–Trinajstić information content (AvgIpc) is 2.87. The predicted octanol–water partition coefficient (Wildman–Crippen LogP) is 3.21. The quantitative estimate of drug-likeness (QED) is 0.790. The molecule has 108 valence electrons. The number of likely N-dealkylation sites (tertiary alicyclic amines) is 1. The van der Waals surface area contributed by atoms with E-state index in [-0.39, 0.29) is 17.7 Å². The number of hydrogen-bond donors (Lipinski definition) is 0. The summed E-state index contributed by atoms with van der Waals surface area (Å²) in [6.07, 6.45) is 2.24. The first-order valence-electron chi connectivity index (χ1n) is 7.39. The van der Waals surface area contributed by atoms with E-state index in [1.807, 2.05) is 45.0 Å². The van der Waals surface area contributed by atoms with Crippen molar-refractivity contribution >= 4 is 11.7 Å². The number of aryl methyl sites for hydroxylation is 1. The minimum atomic E-state index is -0.260. The molecule has 1 aliphatic rings. The molecule has 1 unspecified atom stereocenters. The molecule has 0 radical (unpaired) electrons. The van der Waals surface area contributed by atoms with Crippen molar-refractivity contribution in [2.45, 2.75) is 46.1 Å². The van der Waals surface area contributed by atoms with Crippen molar-refractivity contribution in [2.75, 3.05) is 6.54 Å². The summed E-state index contributed by atoms with van der Waals surface area (Å²) in [4.78, 5) is 26.6. The lowest BCUT2D eigenvalue weighted by atomic mass is 10.0. The van der Waals surface area contributed by atoms with Gasteiger partial charge in [0.1, 0.15) is 0 Å². The van der Waals surface area contributed by atoms with Crippen LogP contribution in [0.15, 0.2) is 24.3 Å². The summed E-state index contributed by atoms with van der Waals surface area (Å²) in [5.74, 6) is 0.529. The van der Waals surface area contributed by atoms with Crippen LogP contribution in [-0.2, 0) is 4.79 Å². The Labute approximate surface area is 121 Å². The highest BCUT2D eigenvalue weighted by Crippen LogP contribution is 2.23. The molecule has 1 amide bonds. The third kappa shape index (κ3) is 3.27. The molecule has 0 N–H and O–H groups in total. The van der Waals surface area contributed by atoms with Crippen molar-refractivity contribution in [3.05, 3.63) is 35.4 Å². The van der Waals surface area contributed by atoms with Gasteiger partial charge in [0.2, 0.25) is 5.91 Å². The number of rotatable bonds is 4. The molecule has 1 saturated heterocycles. The van der Waals surface area contributed by atoms with E-state index in [0.29, 0.717) is 24.4 Å². The van der Waals surface area contributed by atoms with Gasteiger partial charge in [-0.15, -0.1) is 0 Å². The topological polar surface area (TPSA) is 37.4 Å². The second-order valence-corrected chi connectivity index (χ2v) is 6.07. The maximum atomic E-state index is 12.6. The number of carbonyl (C=O) groups excluding carboxylic acids is 2. The third-order valence-corrected chi connectivity index (χ3v) is 3.79. The number of hydrogen-bond acceptors (Lipinski definition) is 2. The van der Waals surface area contributed by atoms with Crippen LogP contribution in [0.1, 0.15) is 49.0 Å². The van der Waals surface area contributed by atoms with Gasteiger partial charge in [-0.05, 0) is 25.7 Å². The number of benzene rings is 1. The predicted molar refractivity (Wildman–Crippen MR) is 79.7 cm³/mol. The molecule has 0 spiro atoms. The highest BCUT2D eigenvalue weighted by Gasteiger charge is 2.34. The van der Waals surface area contributed by atoms with Crippen LogP contribution >= 0.6 is 0 Å². The summed E-state index contributed by atoms with van der Waals surface area (Å²) in [6.45, 7) is 6.78. The molecule has 1 aliphatic heterocycles. The smallest absolute Gasteiger partial charge is 0.223 e. The molecule has 1 fully saturated rings. The summed E-state index contributed by atoms with van der Waals surface area (Å²) >= 11 is 0. The zero-order valence-electron chi connectivity index (χ0n) is 12.6. The fraction of sp³-hybridized carbons (Fsp3) is 0.529. The Morgan fingerprint density at radius 3 is 2.50 bits per heavy atom. The van der Waals surface area contributed by atoms with Gasteiger partial charge >= 0.3 is 0 Å². The zero-order valence-corrected chi connectivity index (χ0v) is 12.6. The third-order valence-electron chi connectivity index (χ3n) is 3.79. The highest BCUT2D eigenvalue weighted by molar-refractivity contribution is 6.02. The Morgan fingerprint density at radius 1 is 1.25 bits per heavy atom. The Morgan fingerprint density at radius 2 is 1.90 bits per heavy atom. The van der Waals surface area contributed by atoms with Gasteiger partial charge in [-0.3, -0.25) is 9.59 Å². The Balaban J connectivity index is 2.12. The van der Waals surface area contributed by atoms with Crippen LogP contribution in [0.5, 0.6) is 0 Å². The SMILES string of the molecule is Cc1ccc(C(=O)C2CCCN2C(=O)CC(C)C)cc1. The monoisotopic (exact) mass is 273 g/mol. The molecule has 0 bridgehead atoms. The summed E-state index contributed by atoms with van der Waals surface area (Å²) in [5, 5.41) is 0. The number of nitrogens with zero attached hydrogens (tertiary/aromatic N) is 1. The van der Waals surface area contributed by atoms with Crippen LogP contribution in [0.25, 0.3) is 0 Å². The molecule has 20 heavy (non-hydrogen) atoms. The molecule has 0 saturated carbocycles. The molecule has 0 aromatic heterocycles. The van der Waals surface area contributed by atoms with Gasteiger partial charge in [0, 0.05) is 18.5 Å². The molecule has 1 aromatic rings. The lowest BCUT2D eigenvalue weighted by molar-refractivity contribution is -0.132. The normalized spacial score (nSPS) is 18.6. The van der Waals surface area contributed by atoms with Gasteiger partial charge in [-0.25, -0.2) is 0 Å². The van der Waals surface area contributed by atoms with Crippen molar-refractivity contribution in [1.82, 2.24) is 4.90 Å². The first kappa shape index (κ1) is 14.8. The van der Waals surface area contributed by atoms with Crippen molar-refractivity contribution in [3.63, 3.8) is 0 Å². The number of amides is 1. The van der Waals surface area contributed by atoms with Crippen molar-refractivity contribution < 1.29 is 9.59 Å². The number of ketones is 1. The van der Waals surface area contributed by atoms with Crippen LogP contribution in [0.4, 0.5) is 0 Å². The lowest BCUT2D eigenvalue weighted by Crippen LogP contribution is -2.40. The fourth-order valence-corrected chi connectivity index (χ4v) is 2.71. The van der Waals surface area contributed by atoms with Gasteiger partial charge in [0.25, 0.3) is 0 Å². The fourth-order valence-electron chi connectivity index (χ4n) is 2.71. The van der Waals surface area contributed by atoms with E-state index in [4.69, 9.17) is 0 Å². The van der Waals surface area contributed by atoms with Crippen LogP contribution < -0.4 is 0 Å². The van der Waals surface area contributed by atoms with Crippen molar-refractivity contribution in [1.29, 1.82) is 0 Å². The van der Waals surface area contributed by atoms with E-state index >= 15 is 0 Å². The lowest BCUT2D eigenvalue weighted by Gasteiger charge is -2.24. The maximum Gasteiger partial charge on any atom is 0.223 e. The number of carbonyl (C=O) groups is 2. The van der Waals surface area contributed by atoms with E-state index in [2.05, 4.69) is 0 Å². The van der Waals surface area contributed by atoms with Gasteiger partial charge in [0.05, 0.1) is 6.04 Å². The van der Waals surface area contributed by atoms with E-state index in [1.165, 1.54) is 0 Å². The number of Topliss-reactive ketones (excluding diaryl/α,β-unsaturated/α-hetero) is 1. The molecule has 1 heterocycles. The first-order chi connectivity index (χ1) is 9.49. The van der Waals surface area contributed by atoms with E-state index in [9.17, 15) is 9.59 Å². The Hall–Kier alpha value is -1.64. The van der Waals surface area contributed by atoms with Crippen LogP contribution in [0.2, 0.25) is 0 Å². The summed E-state index contributed by atoms with van der Waals surface area (Å²) in [7, 11) is 0. The minimum absolute atomic E-state index is 0.0830. The van der Waals surface area contributed by atoms with Gasteiger partial charge in [-0.2, -0.15) is 0 Å². The molecule has 3 heteroatoms. The zero-order chi connectivity index (χ0) is 14.7. The van der Waals surface area contributed by atoms with Crippen molar-refractivity contribution in [3.8, 4) is 0 Å². The highest BCUT2D eigenvalue weighted by atomic mass is 16.2. The van der Waals surface area contributed by atoms with Crippen molar-refractivity contribution in [2.24, 2.45) is 5.92 Å². The first-order valence-corrected chi connectivity index (χ1v) is 7.39. The standard InChI is InChI=1S/C17H23NO2/c1-12(2)11-16(19)18-10-4-5-15(18)17(20)14-8-6-13(3)7-9-14/h6-9,12,15H,4-5,10-11H2,1-3H3. The molecule has 1 atom stereocenters. The van der Waals surface area contributed by atoms with Gasteiger partial charge in [0.15, 0.2) is 5.78 Å². The second kappa shape index (κ2) is 6.21. The minimum Gasteiger partial charge on any atom is -0.332 e. The van der Waals surface area contributed by atoms with E-state index in [1.54, 1.807) is 4.90 Å². The molecule has 1 aromatic carbocycles. The summed E-state index contributed by atoms with van der Waals surface area (Å²) in [6, 6.07) is 7.36. The molecular formula is C17H23NO2. The van der Waals surface area contributed by atoms with Crippen LogP contribution in [0.3, 0.4) is 0 Å².